The van der Waals surface area contributed by atoms with E-state index in [1.165, 1.54) is 38.5 Å². The maximum absolute atomic E-state index is 12.4. The molecule has 0 spiro atoms. The second-order valence-electron chi connectivity index (χ2n) is 10.8. The summed E-state index contributed by atoms with van der Waals surface area (Å²) < 4.78 is 48.8. The predicted octanol–water partition coefficient (Wildman–Crippen LogP) is 7.69. The number of carbonyl (C=O) groups is 1. The third-order valence-corrected chi connectivity index (χ3v) is 9.03. The van der Waals surface area contributed by atoms with Crippen molar-refractivity contribution < 1.29 is 47.0 Å². The lowest BCUT2D eigenvalue weighted by Crippen LogP contribution is -2.07. The minimum atomic E-state index is -4.67. The second kappa shape index (κ2) is 14.7. The topological polar surface area (TPSA) is 255 Å². The number of nitrogens with two attached hydrogens (primary N) is 1. The first-order valence-corrected chi connectivity index (χ1v) is 16.9. The van der Waals surface area contributed by atoms with E-state index in [-0.39, 0.29) is 38.3 Å². The number of hydrogen-bond donors (Lipinski definition) is 4. The van der Waals surface area contributed by atoms with Crippen molar-refractivity contribution in [3.05, 3.63) is 83.9 Å². The van der Waals surface area contributed by atoms with Crippen LogP contribution in [0.1, 0.15) is 15.9 Å². The van der Waals surface area contributed by atoms with Crippen LogP contribution in [-0.2, 0) is 19.5 Å². The smallest absolute Gasteiger partial charge is 0.338 e. The number of nitrogen functional groups attached to an aromatic ring is 1. The molecule has 0 saturated heterocycles. The Morgan fingerprint density at radius 1 is 0.846 bits per heavy atom. The fraction of sp³-hybridized carbons (Fsp3) is 0.0938. The number of anilines is 1. The molecular weight excluding hydrogens is 721 g/mol. The van der Waals surface area contributed by atoms with E-state index in [0.717, 1.165) is 10.9 Å². The van der Waals surface area contributed by atoms with Crippen molar-refractivity contribution in [3.63, 3.8) is 0 Å². The number of fused-ring (bicyclic) bond motifs is 3. The van der Waals surface area contributed by atoms with E-state index in [4.69, 9.17) is 20.5 Å². The fourth-order valence-corrected chi connectivity index (χ4v) is 6.24. The maximum Gasteiger partial charge on any atom is 0.338 e. The zero-order valence-corrected chi connectivity index (χ0v) is 28.8. The van der Waals surface area contributed by atoms with Gasteiger partial charge in [-0.25, -0.2) is 10.1 Å². The van der Waals surface area contributed by atoms with E-state index < -0.39 is 21.0 Å². The van der Waals surface area contributed by atoms with Crippen molar-refractivity contribution in [2.45, 2.75) is 16.7 Å². The number of nitrogens with zero attached hydrogens (tertiary/aromatic N) is 7. The van der Waals surface area contributed by atoms with Gasteiger partial charge in [0.2, 0.25) is 0 Å². The molecule has 0 amide bonds. The van der Waals surface area contributed by atoms with Crippen LogP contribution < -0.4 is 15.2 Å². The van der Waals surface area contributed by atoms with E-state index in [9.17, 15) is 22.9 Å². The summed E-state index contributed by atoms with van der Waals surface area (Å²) in [5.41, 5.74) is 9.05. The molecule has 5 N–H and O–H groups in total. The number of azo groups is 2. The van der Waals surface area contributed by atoms with Crippen molar-refractivity contribution in [1.29, 1.82) is 0 Å². The minimum absolute atomic E-state index is 0.0783. The number of aromatic carboxylic acids is 1. The maximum atomic E-state index is 12.4. The van der Waals surface area contributed by atoms with Crippen molar-refractivity contribution in [1.82, 2.24) is 15.0 Å². The number of aryl methyl sites for hydroxylation is 1. The molecule has 1 heterocycles. The standard InChI is InChI=1S/C32H26N8O10S2/c1-16-10-17(34-37-26-15-28(47-2)23(33)14-29(26)48-3)4-7-24(16)36-35-18-5-9-27(22(11-18)32(41)42)40-38-25-8-6-20-21(31(25)39-40)12-19(52(44,45)46)13-30(20)51-50-49-43/h4-15,43H,33H2,1-3H3,(H,41,42)(H,44,45,46). The molecular formula is C32H26N8O10S2. The van der Waals surface area contributed by atoms with Crippen LogP contribution >= 0.6 is 12.0 Å². The Balaban J connectivity index is 1.30. The van der Waals surface area contributed by atoms with Crippen LogP contribution in [0.2, 0.25) is 0 Å². The Morgan fingerprint density at radius 3 is 2.23 bits per heavy atom. The van der Waals surface area contributed by atoms with Crippen LogP contribution in [0.3, 0.4) is 0 Å². The van der Waals surface area contributed by atoms with E-state index >= 15 is 0 Å². The van der Waals surface area contributed by atoms with Crippen molar-refractivity contribution >= 4 is 78.4 Å². The molecule has 5 aromatic carbocycles. The lowest BCUT2D eigenvalue weighted by molar-refractivity contribution is -0.432. The molecule has 1 aromatic heterocycles. The SMILES string of the molecule is COc1cc(N=Nc2ccc(N=Nc3ccc(-n4nc5ccc6c(SOOO)cc(S(=O)(=O)O)cc6c5n4)c(C(=O)O)c3)c(C)c2)c(OC)cc1N. The molecule has 6 rings (SSSR count). The molecule has 0 bridgehead atoms. The average molecular weight is 747 g/mol. The fourth-order valence-electron chi connectivity index (χ4n) is 5.08. The Bertz CT molecular complexity index is 2540. The van der Waals surface area contributed by atoms with E-state index in [0.29, 0.717) is 57.2 Å². The van der Waals surface area contributed by atoms with Crippen LogP contribution in [-0.4, -0.2) is 58.5 Å². The van der Waals surface area contributed by atoms with Crippen LogP contribution in [0.4, 0.5) is 28.4 Å². The summed E-state index contributed by atoms with van der Waals surface area (Å²) in [7, 11) is -1.69. The quantitative estimate of drug-likeness (QED) is 0.0234. The highest BCUT2D eigenvalue weighted by Crippen LogP contribution is 2.38. The van der Waals surface area contributed by atoms with Gasteiger partial charge in [0.05, 0.1) is 59.5 Å². The third-order valence-electron chi connectivity index (χ3n) is 7.55. The lowest BCUT2D eigenvalue weighted by atomic mass is 10.1. The van der Waals surface area contributed by atoms with E-state index in [1.807, 2.05) is 0 Å². The summed E-state index contributed by atoms with van der Waals surface area (Å²) in [6, 6.07) is 18.1. The molecule has 20 heteroatoms. The highest BCUT2D eigenvalue weighted by atomic mass is 32.2. The molecule has 0 radical (unpaired) electrons. The zero-order chi connectivity index (χ0) is 37.2. The molecule has 52 heavy (non-hydrogen) atoms. The highest BCUT2D eigenvalue weighted by Gasteiger charge is 2.20. The van der Waals surface area contributed by atoms with Gasteiger partial charge in [0.25, 0.3) is 10.1 Å². The monoisotopic (exact) mass is 746 g/mol. The van der Waals surface area contributed by atoms with Crippen molar-refractivity contribution in [3.8, 4) is 17.2 Å². The number of rotatable bonds is 12. The molecule has 0 aliphatic heterocycles. The van der Waals surface area contributed by atoms with Gasteiger partial charge in [-0.3, -0.25) is 4.55 Å². The molecule has 0 atom stereocenters. The van der Waals surface area contributed by atoms with E-state index in [2.05, 4.69) is 40.0 Å². The molecule has 6 aromatic rings. The molecule has 0 aliphatic carbocycles. The van der Waals surface area contributed by atoms with Crippen LogP contribution in [0.25, 0.3) is 27.5 Å². The van der Waals surface area contributed by atoms with Crippen molar-refractivity contribution in [2.75, 3.05) is 20.0 Å². The summed E-state index contributed by atoms with van der Waals surface area (Å²) in [6.45, 7) is 1.80. The van der Waals surface area contributed by atoms with Gasteiger partial charge in [-0.1, -0.05) is 11.1 Å². The molecule has 0 aliphatic rings. The van der Waals surface area contributed by atoms with E-state index in [1.54, 1.807) is 49.4 Å². The average Bonchev–Trinajstić information content (AvgIpc) is 3.57. The van der Waals surface area contributed by atoms with Crippen molar-refractivity contribution in [2.24, 2.45) is 20.5 Å². The minimum Gasteiger partial charge on any atom is -0.495 e. The Morgan fingerprint density at radius 2 is 1.56 bits per heavy atom. The summed E-state index contributed by atoms with van der Waals surface area (Å²) in [6.07, 6.45) is 0. The molecule has 0 fully saturated rings. The summed E-state index contributed by atoms with van der Waals surface area (Å²) in [5, 5.41) is 48.9. The number of carboxylic acid groups (broad SMARTS) is 1. The number of methoxy groups -OCH3 is 2. The van der Waals surface area contributed by atoms with Gasteiger partial charge in [-0.2, -0.15) is 23.8 Å². The first-order chi connectivity index (χ1) is 24.9. The van der Waals surface area contributed by atoms with Gasteiger partial charge in [0.1, 0.15) is 33.9 Å². The molecule has 0 unspecified atom stereocenters. The van der Waals surface area contributed by atoms with Gasteiger partial charge in [-0.15, -0.1) is 24.4 Å². The van der Waals surface area contributed by atoms with Gasteiger partial charge < -0.3 is 20.3 Å². The number of benzene rings is 5. The number of hydrogen-bond acceptors (Lipinski definition) is 16. The number of carboxylic acids is 1. The summed E-state index contributed by atoms with van der Waals surface area (Å²) in [5.74, 6) is -0.450. The van der Waals surface area contributed by atoms with Gasteiger partial charge >= 0.3 is 5.97 Å². The molecule has 0 saturated carbocycles. The zero-order valence-electron chi connectivity index (χ0n) is 27.2. The molecule has 18 nitrogen and oxygen atoms in total. The Hall–Kier alpha value is -6.03. The Labute approximate surface area is 297 Å². The second-order valence-corrected chi connectivity index (χ2v) is 12.9. The first kappa shape index (κ1) is 35.8. The Kier molecular flexibility index (Phi) is 10.1. The summed E-state index contributed by atoms with van der Waals surface area (Å²) in [4.78, 5) is 13.1. The van der Waals surface area contributed by atoms with Gasteiger partial charge in [0, 0.05) is 27.8 Å². The normalized spacial score (nSPS) is 12.0. The summed E-state index contributed by atoms with van der Waals surface area (Å²) >= 11 is 0.488. The van der Waals surface area contributed by atoms with Gasteiger partial charge in [0.15, 0.2) is 0 Å². The number of ether oxygens (including phenoxy) is 2. The van der Waals surface area contributed by atoms with Crippen LogP contribution in [0, 0.1) is 6.92 Å². The molecule has 266 valence electrons. The lowest BCUT2D eigenvalue weighted by Gasteiger charge is -2.09. The number of aromatic nitrogens is 3. The first-order valence-electron chi connectivity index (χ1n) is 14.7. The third kappa shape index (κ3) is 7.37. The van der Waals surface area contributed by atoms with Gasteiger partial charge in [-0.05, 0) is 67.1 Å². The predicted molar refractivity (Wildman–Crippen MR) is 187 cm³/mol. The van der Waals surface area contributed by atoms with Crippen LogP contribution in [0.15, 0.2) is 103 Å². The largest absolute Gasteiger partial charge is 0.495 e. The van der Waals surface area contributed by atoms with Crippen LogP contribution in [0.5, 0.6) is 11.5 Å². The highest BCUT2D eigenvalue weighted by molar-refractivity contribution is 7.94.